The number of piperidine rings is 1. The van der Waals surface area contributed by atoms with Gasteiger partial charge in [0.15, 0.2) is 0 Å². The molecule has 0 aliphatic carbocycles. The van der Waals surface area contributed by atoms with Crippen LogP contribution in [0.2, 0.25) is 0 Å². The Balaban J connectivity index is 0.00000240. The molecule has 2 aromatic carbocycles. The van der Waals surface area contributed by atoms with E-state index in [9.17, 15) is 8.78 Å². The van der Waals surface area contributed by atoms with Crippen LogP contribution in [-0.4, -0.2) is 30.7 Å². The number of rotatable bonds is 4. The van der Waals surface area contributed by atoms with Crippen molar-refractivity contribution < 1.29 is 37.2 Å². The predicted molar refractivity (Wildman–Crippen MR) is 110 cm³/mol. The molecule has 4 heteroatoms. The van der Waals surface area contributed by atoms with Crippen LogP contribution >= 0.6 is 0 Å². The number of aryl methyl sites for hydroxylation is 2. The molecule has 4 rings (SSSR count). The first-order chi connectivity index (χ1) is 13.3. The Hall–Kier alpha value is -1.01. The third-order valence-corrected chi connectivity index (χ3v) is 7.73. The molecule has 2 aliphatic rings. The number of quaternary nitrogens is 1. The second-order valence-electron chi connectivity index (χ2n) is 9.64. The van der Waals surface area contributed by atoms with Gasteiger partial charge in [-0.1, -0.05) is 12.1 Å². The van der Waals surface area contributed by atoms with E-state index < -0.39 is 0 Å². The van der Waals surface area contributed by atoms with Crippen molar-refractivity contribution in [3.8, 4) is 0 Å². The van der Waals surface area contributed by atoms with Gasteiger partial charge in [-0.2, -0.15) is 0 Å². The molecular formula is C25H32F2IN. The second-order valence-corrected chi connectivity index (χ2v) is 9.64. The molecule has 2 aromatic rings. The van der Waals surface area contributed by atoms with Gasteiger partial charge in [0.05, 0.1) is 26.2 Å². The summed E-state index contributed by atoms with van der Waals surface area (Å²) in [6, 6.07) is 11.6. The van der Waals surface area contributed by atoms with Crippen LogP contribution in [0.4, 0.5) is 8.78 Å². The third kappa shape index (κ3) is 4.39. The van der Waals surface area contributed by atoms with Gasteiger partial charge < -0.3 is 28.5 Å². The Morgan fingerprint density at radius 3 is 1.76 bits per heavy atom. The summed E-state index contributed by atoms with van der Waals surface area (Å²) in [4.78, 5) is 0. The Morgan fingerprint density at radius 2 is 1.31 bits per heavy atom. The van der Waals surface area contributed by atoms with Crippen LogP contribution in [0.25, 0.3) is 0 Å². The fraction of sp³-hybridized carbons (Fsp3) is 0.520. The van der Waals surface area contributed by atoms with Gasteiger partial charge >= 0.3 is 0 Å². The molecule has 29 heavy (non-hydrogen) atoms. The molecule has 2 fully saturated rings. The van der Waals surface area contributed by atoms with Crippen LogP contribution in [0.15, 0.2) is 36.4 Å². The summed E-state index contributed by atoms with van der Waals surface area (Å²) in [6.45, 7) is 4.09. The van der Waals surface area contributed by atoms with Gasteiger partial charge in [-0.25, -0.2) is 8.78 Å². The Bertz CT molecular complexity index is 812. The topological polar surface area (TPSA) is 0 Å². The first-order valence-electron chi connectivity index (χ1n) is 10.6. The highest BCUT2D eigenvalue weighted by Gasteiger charge is 2.49. The fourth-order valence-electron chi connectivity index (χ4n) is 5.91. The first-order valence-corrected chi connectivity index (χ1v) is 10.6. The Morgan fingerprint density at radius 1 is 0.862 bits per heavy atom. The molecule has 2 unspecified atom stereocenters. The van der Waals surface area contributed by atoms with Gasteiger partial charge in [0.2, 0.25) is 0 Å². The molecule has 1 nitrogen and oxygen atoms in total. The lowest BCUT2D eigenvalue weighted by atomic mass is 9.76. The first kappa shape index (κ1) is 22.7. The number of hydrogen-bond acceptors (Lipinski definition) is 0. The lowest BCUT2D eigenvalue weighted by molar-refractivity contribution is -0.931. The van der Waals surface area contributed by atoms with Gasteiger partial charge in [0.25, 0.3) is 0 Å². The second kappa shape index (κ2) is 8.62. The van der Waals surface area contributed by atoms with E-state index >= 15 is 0 Å². The maximum atomic E-state index is 14.1. The molecule has 0 aromatic heterocycles. The van der Waals surface area contributed by atoms with E-state index in [1.54, 1.807) is 12.1 Å². The SMILES string of the molecule is Cc1ccc(F)cc1C(CC1CC2CCC(C1)[N+]2(C)C)c1cc(F)ccc1C.[I-]. The number of hydrogen-bond donors (Lipinski definition) is 0. The van der Waals surface area contributed by atoms with Gasteiger partial charge in [-0.3, -0.25) is 0 Å². The highest BCUT2D eigenvalue weighted by atomic mass is 127. The maximum Gasteiger partial charge on any atom is 0.123 e. The van der Waals surface area contributed by atoms with E-state index in [0.29, 0.717) is 5.92 Å². The maximum absolute atomic E-state index is 14.1. The van der Waals surface area contributed by atoms with Crippen LogP contribution in [-0.2, 0) is 0 Å². The number of fused-ring (bicyclic) bond motifs is 2. The van der Waals surface area contributed by atoms with E-state index in [0.717, 1.165) is 45.2 Å². The van der Waals surface area contributed by atoms with Gasteiger partial charge in [0, 0.05) is 31.6 Å². The van der Waals surface area contributed by atoms with Crippen LogP contribution in [0.3, 0.4) is 0 Å². The van der Waals surface area contributed by atoms with Gasteiger partial charge in [-0.05, 0) is 72.7 Å². The number of nitrogens with zero attached hydrogens (tertiary/aromatic N) is 1. The molecular weight excluding hydrogens is 479 g/mol. The summed E-state index contributed by atoms with van der Waals surface area (Å²) in [5.74, 6) is 0.242. The summed E-state index contributed by atoms with van der Waals surface area (Å²) in [7, 11) is 4.76. The number of benzene rings is 2. The van der Waals surface area contributed by atoms with E-state index in [4.69, 9.17) is 0 Å². The molecule has 0 saturated carbocycles. The highest BCUT2D eigenvalue weighted by Crippen LogP contribution is 2.46. The van der Waals surface area contributed by atoms with E-state index in [-0.39, 0.29) is 41.5 Å². The minimum atomic E-state index is -0.207. The summed E-state index contributed by atoms with van der Waals surface area (Å²) in [5, 5.41) is 0. The lowest BCUT2D eigenvalue weighted by Crippen LogP contribution is -3.00. The minimum absolute atomic E-state index is 0. The average Bonchev–Trinajstić information content (AvgIpc) is 2.82. The molecule has 0 spiro atoms. The quantitative estimate of drug-likeness (QED) is 0.438. The zero-order valence-electron chi connectivity index (χ0n) is 17.9. The van der Waals surface area contributed by atoms with E-state index in [1.807, 2.05) is 26.0 Å². The molecule has 2 bridgehead atoms. The van der Waals surface area contributed by atoms with Crippen molar-refractivity contribution in [2.24, 2.45) is 5.92 Å². The van der Waals surface area contributed by atoms with Gasteiger partial charge in [0.1, 0.15) is 11.6 Å². The zero-order valence-corrected chi connectivity index (χ0v) is 20.0. The molecule has 158 valence electrons. The van der Waals surface area contributed by atoms with Crippen LogP contribution in [0.5, 0.6) is 0 Å². The van der Waals surface area contributed by atoms with Crippen molar-refractivity contribution in [3.63, 3.8) is 0 Å². The Kier molecular flexibility index (Phi) is 6.74. The molecule has 0 radical (unpaired) electrons. The lowest BCUT2D eigenvalue weighted by Gasteiger charge is -2.45. The zero-order chi connectivity index (χ0) is 20.1. The molecule has 2 heterocycles. The van der Waals surface area contributed by atoms with Crippen molar-refractivity contribution in [1.29, 1.82) is 0 Å². The van der Waals surface area contributed by atoms with E-state index in [1.165, 1.54) is 37.8 Å². The molecule has 0 N–H and O–H groups in total. The van der Waals surface area contributed by atoms with Crippen molar-refractivity contribution in [2.45, 2.75) is 64.0 Å². The standard InChI is InChI=1S/C25H32F2N.HI/c1-16-5-7-19(26)14-23(16)25(24-15-20(27)8-6-17(24)2)13-18-11-21-9-10-22(12-18)28(21,3)4;/h5-8,14-15,18,21-22,25H,9-13H2,1-4H3;1H/q+1;/p-1. The average molecular weight is 511 g/mol. The number of halogens is 3. The van der Waals surface area contributed by atoms with E-state index in [2.05, 4.69) is 14.1 Å². The monoisotopic (exact) mass is 511 g/mol. The summed E-state index contributed by atoms with van der Waals surface area (Å²) < 4.78 is 29.4. The van der Waals surface area contributed by atoms with Crippen molar-refractivity contribution in [2.75, 3.05) is 14.1 Å². The summed E-state index contributed by atoms with van der Waals surface area (Å²) in [5.41, 5.74) is 4.20. The molecule has 0 amide bonds. The van der Waals surface area contributed by atoms with Crippen molar-refractivity contribution in [3.05, 3.63) is 70.3 Å². The largest absolute Gasteiger partial charge is 1.00 e. The normalized spacial score (nSPS) is 25.1. The predicted octanol–water partition coefficient (Wildman–Crippen LogP) is 3.13. The van der Waals surface area contributed by atoms with Crippen LogP contribution in [0.1, 0.15) is 60.3 Å². The minimum Gasteiger partial charge on any atom is -1.00 e. The van der Waals surface area contributed by atoms with Crippen molar-refractivity contribution in [1.82, 2.24) is 0 Å². The van der Waals surface area contributed by atoms with Crippen LogP contribution < -0.4 is 24.0 Å². The highest BCUT2D eigenvalue weighted by molar-refractivity contribution is 5.41. The summed E-state index contributed by atoms with van der Waals surface area (Å²) >= 11 is 0. The molecule has 2 aliphatic heterocycles. The fourth-order valence-corrected chi connectivity index (χ4v) is 5.91. The summed E-state index contributed by atoms with van der Waals surface area (Å²) in [6.07, 6.45) is 6.06. The van der Waals surface area contributed by atoms with Crippen LogP contribution in [0, 0.1) is 31.4 Å². The molecule has 2 saturated heterocycles. The van der Waals surface area contributed by atoms with Gasteiger partial charge in [-0.15, -0.1) is 0 Å². The third-order valence-electron chi connectivity index (χ3n) is 7.73. The smallest absolute Gasteiger partial charge is 0.123 e. The Labute approximate surface area is 191 Å². The van der Waals surface area contributed by atoms with Crippen molar-refractivity contribution >= 4 is 0 Å². The molecule has 2 atom stereocenters.